The predicted octanol–water partition coefficient (Wildman–Crippen LogP) is 4.13. The van der Waals surface area contributed by atoms with Crippen LogP contribution in [0.1, 0.15) is 37.3 Å². The van der Waals surface area contributed by atoms with E-state index in [-0.39, 0.29) is 23.6 Å². The summed E-state index contributed by atoms with van der Waals surface area (Å²) >= 11 is 3.38. The molecule has 162 valence electrons. The van der Waals surface area contributed by atoms with Gasteiger partial charge in [-0.2, -0.15) is 0 Å². The minimum atomic E-state index is -3.38. The van der Waals surface area contributed by atoms with E-state index in [0.717, 1.165) is 22.9 Å². The van der Waals surface area contributed by atoms with Gasteiger partial charge >= 0.3 is 0 Å². The molecule has 30 heavy (non-hydrogen) atoms. The van der Waals surface area contributed by atoms with Gasteiger partial charge in [-0.3, -0.25) is 4.79 Å². The van der Waals surface area contributed by atoms with Gasteiger partial charge in [0.1, 0.15) is 0 Å². The monoisotopic (exact) mass is 492 g/mol. The van der Waals surface area contributed by atoms with E-state index in [2.05, 4.69) is 33.4 Å². The fraction of sp³-hybridized carbons (Fsp3) is 0.435. The van der Waals surface area contributed by atoms with Crippen molar-refractivity contribution in [2.45, 2.75) is 44.4 Å². The first-order valence-electron chi connectivity index (χ1n) is 10.4. The van der Waals surface area contributed by atoms with Gasteiger partial charge in [0.2, 0.25) is 15.9 Å². The molecule has 2 aromatic carbocycles. The summed E-state index contributed by atoms with van der Waals surface area (Å²) in [7, 11) is -3.38. The smallest absolute Gasteiger partial charge is 0.223 e. The molecule has 1 aliphatic heterocycles. The number of piperidine rings is 1. The van der Waals surface area contributed by atoms with Crippen LogP contribution in [0.25, 0.3) is 0 Å². The van der Waals surface area contributed by atoms with Crippen LogP contribution in [0.3, 0.4) is 0 Å². The number of carbonyl (C=O) groups excluding carboxylic acids is 1. The Bertz CT molecular complexity index is 942. The van der Waals surface area contributed by atoms with Crippen LogP contribution in [0.5, 0.6) is 0 Å². The molecule has 0 spiro atoms. The minimum absolute atomic E-state index is 0.0141. The second-order valence-electron chi connectivity index (χ2n) is 7.99. The Hall–Kier alpha value is -1.70. The summed E-state index contributed by atoms with van der Waals surface area (Å²) in [5.41, 5.74) is 2.03. The van der Waals surface area contributed by atoms with Gasteiger partial charge in [0, 0.05) is 29.5 Å². The molecule has 1 atom stereocenters. The number of benzene rings is 2. The van der Waals surface area contributed by atoms with Gasteiger partial charge in [-0.1, -0.05) is 58.4 Å². The molecule has 0 aliphatic carbocycles. The summed E-state index contributed by atoms with van der Waals surface area (Å²) in [4.78, 5) is 12.6. The summed E-state index contributed by atoms with van der Waals surface area (Å²) in [5, 5.41) is 3.11. The first kappa shape index (κ1) is 23.0. The number of hydrogen-bond acceptors (Lipinski definition) is 3. The summed E-state index contributed by atoms with van der Waals surface area (Å²) < 4.78 is 27.9. The van der Waals surface area contributed by atoms with Gasteiger partial charge in [0.25, 0.3) is 0 Å². The molecule has 0 unspecified atom stereocenters. The van der Waals surface area contributed by atoms with Gasteiger partial charge in [-0.05, 0) is 55.9 Å². The second kappa shape index (κ2) is 10.6. The van der Waals surface area contributed by atoms with Crippen LogP contribution in [0.4, 0.5) is 0 Å². The van der Waals surface area contributed by atoms with Gasteiger partial charge in [-0.15, -0.1) is 0 Å². The maximum atomic E-state index is 12.8. The highest BCUT2D eigenvalue weighted by atomic mass is 79.9. The van der Waals surface area contributed by atoms with E-state index in [1.165, 1.54) is 9.87 Å². The summed E-state index contributed by atoms with van der Waals surface area (Å²) in [5.74, 6) is -0.0964. The molecule has 1 amide bonds. The molecule has 1 fully saturated rings. The Labute approximate surface area is 188 Å². The van der Waals surface area contributed by atoms with Crippen molar-refractivity contribution in [2.75, 3.05) is 13.1 Å². The molecular weight excluding hydrogens is 464 g/mol. The zero-order valence-corrected chi connectivity index (χ0v) is 19.7. The molecule has 7 heteroatoms. The van der Waals surface area contributed by atoms with Crippen LogP contribution in [0.2, 0.25) is 0 Å². The normalized spacial score (nSPS) is 16.9. The highest BCUT2D eigenvalue weighted by Gasteiger charge is 2.31. The lowest BCUT2D eigenvalue weighted by Crippen LogP contribution is -2.45. The van der Waals surface area contributed by atoms with E-state index in [1.807, 2.05) is 49.4 Å². The Morgan fingerprint density at radius 1 is 1.10 bits per heavy atom. The molecule has 1 heterocycles. The van der Waals surface area contributed by atoms with Crippen molar-refractivity contribution in [1.29, 1.82) is 0 Å². The number of rotatable bonds is 8. The molecule has 0 aromatic heterocycles. The van der Waals surface area contributed by atoms with E-state index in [1.54, 1.807) is 0 Å². The van der Waals surface area contributed by atoms with Crippen molar-refractivity contribution in [1.82, 2.24) is 9.62 Å². The third-order valence-electron chi connectivity index (χ3n) is 5.55. The Kier molecular flexibility index (Phi) is 8.08. The lowest BCUT2D eigenvalue weighted by atomic mass is 9.96. The van der Waals surface area contributed by atoms with Crippen molar-refractivity contribution < 1.29 is 13.2 Å². The number of nitrogens with one attached hydrogen (secondary N) is 1. The van der Waals surface area contributed by atoms with Crippen LogP contribution in [0.15, 0.2) is 59.1 Å². The Morgan fingerprint density at radius 2 is 1.77 bits per heavy atom. The standard InChI is InChI=1S/C23H29BrN2O3S/c1-18(10-11-19-6-3-2-4-7-19)25-23(27)21-12-14-26(15-13-21)30(28,29)17-20-8-5-9-22(24)16-20/h2-9,16,18,21H,10-15,17H2,1H3,(H,25,27)/t18-/m0/s1. The maximum Gasteiger partial charge on any atom is 0.223 e. The largest absolute Gasteiger partial charge is 0.353 e. The summed E-state index contributed by atoms with van der Waals surface area (Å²) in [6.45, 7) is 2.82. The van der Waals surface area contributed by atoms with Gasteiger partial charge < -0.3 is 5.32 Å². The topological polar surface area (TPSA) is 66.5 Å². The highest BCUT2D eigenvalue weighted by molar-refractivity contribution is 9.10. The molecule has 0 radical (unpaired) electrons. The van der Waals surface area contributed by atoms with Crippen molar-refractivity contribution in [3.8, 4) is 0 Å². The van der Waals surface area contributed by atoms with Crippen LogP contribution >= 0.6 is 15.9 Å². The maximum absolute atomic E-state index is 12.8. The molecule has 3 rings (SSSR count). The van der Waals surface area contributed by atoms with E-state index < -0.39 is 10.0 Å². The molecule has 1 N–H and O–H groups in total. The van der Waals surface area contributed by atoms with Crippen molar-refractivity contribution in [3.05, 3.63) is 70.2 Å². The Balaban J connectivity index is 1.45. The molecule has 5 nitrogen and oxygen atoms in total. The average Bonchev–Trinajstić information content (AvgIpc) is 2.73. The average molecular weight is 493 g/mol. The SMILES string of the molecule is C[C@@H](CCc1ccccc1)NC(=O)C1CCN(S(=O)(=O)Cc2cccc(Br)c2)CC1. The zero-order valence-electron chi connectivity index (χ0n) is 17.3. The highest BCUT2D eigenvalue weighted by Crippen LogP contribution is 2.23. The van der Waals surface area contributed by atoms with Crippen molar-refractivity contribution in [2.24, 2.45) is 5.92 Å². The molecule has 0 bridgehead atoms. The first-order valence-corrected chi connectivity index (χ1v) is 12.8. The third kappa shape index (κ3) is 6.65. The van der Waals surface area contributed by atoms with Gasteiger partial charge in [-0.25, -0.2) is 12.7 Å². The van der Waals surface area contributed by atoms with Crippen molar-refractivity contribution >= 4 is 31.9 Å². The number of sulfonamides is 1. The molecule has 1 aliphatic rings. The fourth-order valence-electron chi connectivity index (χ4n) is 3.79. The number of hydrogen-bond donors (Lipinski definition) is 1. The number of nitrogens with zero attached hydrogens (tertiary/aromatic N) is 1. The number of carbonyl (C=O) groups is 1. The molecular formula is C23H29BrN2O3S. The summed E-state index contributed by atoms with van der Waals surface area (Å²) in [6, 6.07) is 17.7. The third-order valence-corrected chi connectivity index (χ3v) is 7.90. The predicted molar refractivity (Wildman–Crippen MR) is 123 cm³/mol. The molecule has 0 saturated carbocycles. The van der Waals surface area contributed by atoms with Crippen LogP contribution in [-0.4, -0.2) is 37.8 Å². The van der Waals surface area contributed by atoms with Crippen LogP contribution in [0, 0.1) is 5.92 Å². The van der Waals surface area contributed by atoms with Crippen LogP contribution < -0.4 is 5.32 Å². The van der Waals surface area contributed by atoms with E-state index >= 15 is 0 Å². The number of aryl methyl sites for hydroxylation is 1. The zero-order chi connectivity index (χ0) is 21.6. The first-order chi connectivity index (χ1) is 14.3. The van der Waals surface area contributed by atoms with Crippen molar-refractivity contribution in [3.63, 3.8) is 0 Å². The molecule has 1 saturated heterocycles. The van der Waals surface area contributed by atoms with Gasteiger partial charge in [0.15, 0.2) is 0 Å². The number of amides is 1. The second-order valence-corrected chi connectivity index (χ2v) is 10.9. The Morgan fingerprint density at radius 3 is 2.43 bits per heavy atom. The quantitative estimate of drug-likeness (QED) is 0.602. The van der Waals surface area contributed by atoms with E-state index in [9.17, 15) is 13.2 Å². The van der Waals surface area contributed by atoms with Gasteiger partial charge in [0.05, 0.1) is 5.75 Å². The lowest BCUT2D eigenvalue weighted by molar-refractivity contribution is -0.126. The fourth-order valence-corrected chi connectivity index (χ4v) is 5.78. The number of halogens is 1. The molecule has 2 aromatic rings. The lowest BCUT2D eigenvalue weighted by Gasteiger charge is -2.31. The van der Waals surface area contributed by atoms with E-state index in [4.69, 9.17) is 0 Å². The van der Waals surface area contributed by atoms with E-state index in [0.29, 0.717) is 25.9 Å². The van der Waals surface area contributed by atoms with Crippen LogP contribution in [-0.2, 0) is 27.0 Å². The minimum Gasteiger partial charge on any atom is -0.353 e. The summed E-state index contributed by atoms with van der Waals surface area (Å²) in [6.07, 6.45) is 2.94.